The predicted molar refractivity (Wildman–Crippen MR) is 40.8 cm³/mol. The molecule has 0 radical (unpaired) electrons. The van der Waals surface area contributed by atoms with Crippen LogP contribution in [0.5, 0.6) is 0 Å². The second kappa shape index (κ2) is 3.49. The van der Waals surface area contributed by atoms with E-state index in [0.29, 0.717) is 0 Å². The molecule has 0 amide bonds. The molecule has 0 aromatic rings. The van der Waals surface area contributed by atoms with Gasteiger partial charge in [-0.25, -0.2) is 0 Å². The number of hydrogen-bond donors (Lipinski definition) is 1. The lowest BCUT2D eigenvalue weighted by molar-refractivity contribution is 0.249. The van der Waals surface area contributed by atoms with Crippen LogP contribution in [0.15, 0.2) is 0 Å². The maximum atomic E-state index is 12.1. The molecule has 0 aromatic heterocycles. The highest BCUT2D eigenvalue weighted by Gasteiger charge is 2.20. The average Bonchev–Trinajstić information content (AvgIpc) is 1.83. The molecule has 0 saturated heterocycles. The van der Waals surface area contributed by atoms with Crippen molar-refractivity contribution in [2.45, 2.75) is 20.3 Å². The number of rotatable bonds is 4. The fraction of sp³-hybridized carbons (Fsp3) is 1.00. The summed E-state index contributed by atoms with van der Waals surface area (Å²) < 4.78 is 40.8. The lowest BCUT2D eigenvalue weighted by atomic mass is 9.92. The molecule has 0 heterocycles. The van der Waals surface area contributed by atoms with Crippen LogP contribution in [0.4, 0.5) is 4.39 Å². The molecule has 0 rings (SSSR count). The zero-order valence-corrected chi connectivity index (χ0v) is 7.49. The fourth-order valence-electron chi connectivity index (χ4n) is 0.472. The van der Waals surface area contributed by atoms with Crippen LogP contribution in [0.1, 0.15) is 20.3 Å². The van der Waals surface area contributed by atoms with Crippen molar-refractivity contribution in [1.82, 2.24) is 0 Å². The Morgan fingerprint density at radius 2 is 1.91 bits per heavy atom. The maximum absolute atomic E-state index is 12.1. The number of alkyl halides is 1. The average molecular weight is 184 g/mol. The van der Waals surface area contributed by atoms with Crippen molar-refractivity contribution in [3.05, 3.63) is 0 Å². The summed E-state index contributed by atoms with van der Waals surface area (Å²) in [6.07, 6.45) is 0.141. The van der Waals surface area contributed by atoms with E-state index in [1.54, 1.807) is 13.8 Å². The smallest absolute Gasteiger partial charge is 0.264 e. The van der Waals surface area contributed by atoms with Crippen molar-refractivity contribution in [2.75, 3.05) is 12.4 Å². The highest BCUT2D eigenvalue weighted by Crippen LogP contribution is 2.20. The predicted octanol–water partition coefficient (Wildman–Crippen LogP) is 1.26. The van der Waals surface area contributed by atoms with Crippen LogP contribution in [-0.4, -0.2) is 25.4 Å². The first-order valence-electron chi connectivity index (χ1n) is 3.28. The van der Waals surface area contributed by atoms with Gasteiger partial charge in [-0.3, -0.25) is 8.94 Å². The highest BCUT2D eigenvalue weighted by atomic mass is 32.2. The largest absolute Gasteiger partial charge is 0.286 e. The van der Waals surface area contributed by atoms with Crippen molar-refractivity contribution in [3.8, 4) is 0 Å². The van der Waals surface area contributed by atoms with E-state index in [0.717, 1.165) is 0 Å². The molecule has 0 aliphatic heterocycles. The van der Waals surface area contributed by atoms with Gasteiger partial charge in [0.05, 0.1) is 12.4 Å². The highest BCUT2D eigenvalue weighted by molar-refractivity contribution is 7.85. The van der Waals surface area contributed by atoms with Gasteiger partial charge in [-0.05, 0) is 11.8 Å². The molecule has 0 saturated carbocycles. The van der Waals surface area contributed by atoms with Crippen molar-refractivity contribution >= 4 is 10.1 Å². The van der Waals surface area contributed by atoms with Gasteiger partial charge < -0.3 is 0 Å². The summed E-state index contributed by atoms with van der Waals surface area (Å²) in [5.74, 6) is -0.371. The third kappa shape index (κ3) is 6.25. The van der Waals surface area contributed by atoms with Crippen LogP contribution in [0.2, 0.25) is 0 Å². The molecule has 0 spiro atoms. The van der Waals surface area contributed by atoms with E-state index in [4.69, 9.17) is 4.55 Å². The van der Waals surface area contributed by atoms with Gasteiger partial charge in [0.2, 0.25) is 0 Å². The second-order valence-electron chi connectivity index (χ2n) is 3.33. The Bertz CT molecular complexity index is 208. The van der Waals surface area contributed by atoms with Crippen molar-refractivity contribution in [3.63, 3.8) is 0 Å². The lowest BCUT2D eigenvalue weighted by Gasteiger charge is -2.18. The van der Waals surface area contributed by atoms with E-state index in [1.165, 1.54) is 0 Å². The first kappa shape index (κ1) is 10.8. The van der Waals surface area contributed by atoms with Crippen LogP contribution in [0.3, 0.4) is 0 Å². The summed E-state index contributed by atoms with van der Waals surface area (Å²) in [4.78, 5) is 0. The second-order valence-corrected chi connectivity index (χ2v) is 4.91. The lowest BCUT2D eigenvalue weighted by Crippen LogP contribution is -2.19. The third-order valence-electron chi connectivity index (χ3n) is 1.40. The van der Waals surface area contributed by atoms with Gasteiger partial charge in [-0.1, -0.05) is 13.8 Å². The number of hydrogen-bond acceptors (Lipinski definition) is 2. The Morgan fingerprint density at radius 1 is 1.45 bits per heavy atom. The Hall–Kier alpha value is -0.160. The first-order valence-corrected chi connectivity index (χ1v) is 4.89. The Morgan fingerprint density at radius 3 is 2.18 bits per heavy atom. The van der Waals surface area contributed by atoms with E-state index in [1.807, 2.05) is 0 Å². The fourth-order valence-corrected chi connectivity index (χ4v) is 1.28. The first-order chi connectivity index (χ1) is 4.77. The minimum Gasteiger partial charge on any atom is -0.286 e. The standard InChI is InChI=1S/C6H13FO3S/c1-6(2,5-7)3-4-11(8,9)10/h3-5H2,1-2H3,(H,8,9,10). The Kier molecular flexibility index (Phi) is 3.44. The van der Waals surface area contributed by atoms with Crippen LogP contribution < -0.4 is 0 Å². The van der Waals surface area contributed by atoms with Gasteiger partial charge in [0, 0.05) is 0 Å². The van der Waals surface area contributed by atoms with Crippen LogP contribution in [0, 0.1) is 5.41 Å². The topological polar surface area (TPSA) is 54.4 Å². The normalized spacial score (nSPS) is 13.5. The van der Waals surface area contributed by atoms with Gasteiger partial charge in [-0.15, -0.1) is 0 Å². The molecule has 0 unspecified atom stereocenters. The summed E-state index contributed by atoms with van der Waals surface area (Å²) >= 11 is 0. The molecular formula is C6H13FO3S. The van der Waals surface area contributed by atoms with Crippen molar-refractivity contribution in [1.29, 1.82) is 0 Å². The van der Waals surface area contributed by atoms with E-state index in [2.05, 4.69) is 0 Å². The molecule has 0 fully saturated rings. The number of halogens is 1. The quantitative estimate of drug-likeness (QED) is 0.669. The van der Waals surface area contributed by atoms with E-state index >= 15 is 0 Å². The molecule has 0 aromatic carbocycles. The van der Waals surface area contributed by atoms with Gasteiger partial charge in [0.25, 0.3) is 10.1 Å². The summed E-state index contributed by atoms with van der Waals surface area (Å²) in [7, 11) is -3.93. The zero-order valence-electron chi connectivity index (χ0n) is 6.67. The summed E-state index contributed by atoms with van der Waals surface area (Å²) in [6.45, 7) is 2.64. The van der Waals surface area contributed by atoms with E-state index in [-0.39, 0.29) is 12.2 Å². The SMILES string of the molecule is CC(C)(CF)CCS(=O)(=O)O. The monoisotopic (exact) mass is 184 g/mol. The van der Waals surface area contributed by atoms with Crippen molar-refractivity contribution in [2.24, 2.45) is 5.41 Å². The molecule has 68 valence electrons. The van der Waals surface area contributed by atoms with Crippen LogP contribution in [-0.2, 0) is 10.1 Å². The van der Waals surface area contributed by atoms with Crippen LogP contribution in [0.25, 0.3) is 0 Å². The van der Waals surface area contributed by atoms with E-state index < -0.39 is 22.2 Å². The molecular weight excluding hydrogens is 171 g/mol. The maximum Gasteiger partial charge on any atom is 0.264 e. The molecule has 0 aliphatic carbocycles. The van der Waals surface area contributed by atoms with Crippen LogP contribution >= 0.6 is 0 Å². The minimum atomic E-state index is -3.93. The molecule has 11 heavy (non-hydrogen) atoms. The molecule has 0 atom stereocenters. The molecule has 5 heteroatoms. The van der Waals surface area contributed by atoms with Crippen molar-refractivity contribution < 1.29 is 17.4 Å². The van der Waals surface area contributed by atoms with E-state index in [9.17, 15) is 12.8 Å². The molecule has 0 bridgehead atoms. The Balaban J connectivity index is 3.90. The minimum absolute atomic E-state index is 0.141. The summed E-state index contributed by atoms with van der Waals surface area (Å²) in [5.41, 5.74) is -0.657. The molecule has 0 aliphatic rings. The van der Waals surface area contributed by atoms with Gasteiger partial charge in [-0.2, -0.15) is 8.42 Å². The molecule has 3 nitrogen and oxygen atoms in total. The summed E-state index contributed by atoms with van der Waals surface area (Å²) in [5, 5.41) is 0. The van der Waals surface area contributed by atoms with Gasteiger partial charge >= 0.3 is 0 Å². The third-order valence-corrected chi connectivity index (χ3v) is 2.12. The van der Waals surface area contributed by atoms with Gasteiger partial charge in [0.1, 0.15) is 0 Å². The summed E-state index contributed by atoms with van der Waals surface area (Å²) in [6, 6.07) is 0. The van der Waals surface area contributed by atoms with Gasteiger partial charge in [0.15, 0.2) is 0 Å². The molecule has 1 N–H and O–H groups in total. The Labute approximate surface area is 66.4 Å². The zero-order chi connectivity index (χ0) is 9.12.